The molecule has 0 bridgehead atoms. The molecular weight excluding hydrogens is 397 g/mol. The van der Waals surface area contributed by atoms with Gasteiger partial charge in [0, 0.05) is 10.7 Å². The van der Waals surface area contributed by atoms with Gasteiger partial charge >= 0.3 is 0 Å². The predicted molar refractivity (Wildman–Crippen MR) is 89.5 cm³/mol. The average molecular weight is 403 g/mol. The van der Waals surface area contributed by atoms with Crippen molar-refractivity contribution in [2.24, 2.45) is 0 Å². The van der Waals surface area contributed by atoms with Gasteiger partial charge in [0.05, 0.1) is 20.8 Å². The van der Waals surface area contributed by atoms with E-state index in [9.17, 15) is 4.79 Å². The molecule has 0 saturated heterocycles. The van der Waals surface area contributed by atoms with Crippen LogP contribution in [0.3, 0.4) is 0 Å². The fraction of sp³-hybridized carbons (Fsp3) is 0. The van der Waals surface area contributed by atoms with Gasteiger partial charge in [-0.2, -0.15) is 0 Å². The van der Waals surface area contributed by atoms with Crippen LogP contribution in [0.25, 0.3) is 10.2 Å². The second-order valence-electron chi connectivity index (χ2n) is 4.08. The fourth-order valence-electron chi connectivity index (χ4n) is 1.67. The number of rotatable bonds is 2. The second-order valence-corrected chi connectivity index (χ2v) is 6.79. The van der Waals surface area contributed by atoms with Gasteiger partial charge in [-0.1, -0.05) is 50.5 Å². The van der Waals surface area contributed by atoms with Gasteiger partial charge in [0.1, 0.15) is 5.15 Å². The molecule has 21 heavy (non-hydrogen) atoms. The van der Waals surface area contributed by atoms with Crippen molar-refractivity contribution < 1.29 is 4.79 Å². The quantitative estimate of drug-likeness (QED) is 0.612. The largest absolute Gasteiger partial charge is 0.298 e. The highest BCUT2D eigenvalue weighted by molar-refractivity contribution is 9.10. The first-order valence-electron chi connectivity index (χ1n) is 5.71. The molecule has 0 aliphatic heterocycles. The first kappa shape index (κ1) is 14.7. The summed E-state index contributed by atoms with van der Waals surface area (Å²) in [6.07, 6.45) is 1.37. The van der Waals surface area contributed by atoms with Crippen LogP contribution in [-0.4, -0.2) is 15.9 Å². The number of halogens is 3. The molecule has 106 valence electrons. The van der Waals surface area contributed by atoms with Crippen molar-refractivity contribution in [2.75, 3.05) is 5.32 Å². The zero-order valence-corrected chi connectivity index (χ0v) is 14.1. The van der Waals surface area contributed by atoms with Crippen molar-refractivity contribution in [3.63, 3.8) is 0 Å². The van der Waals surface area contributed by atoms with Crippen LogP contribution in [0.2, 0.25) is 10.2 Å². The fourth-order valence-corrected chi connectivity index (χ4v) is 3.35. The van der Waals surface area contributed by atoms with E-state index >= 15 is 0 Å². The number of benzene rings is 1. The SMILES string of the molecule is O=C(Nc1nc2ccc(Br)cc2s1)c1cnc(Cl)c(Cl)c1. The number of thiazole rings is 1. The Hall–Kier alpha value is -1.21. The minimum absolute atomic E-state index is 0.165. The number of hydrogen-bond donors (Lipinski definition) is 1. The summed E-state index contributed by atoms with van der Waals surface area (Å²) in [5, 5.41) is 3.64. The third-order valence-corrected chi connectivity index (χ3v) is 4.74. The monoisotopic (exact) mass is 401 g/mol. The van der Waals surface area contributed by atoms with E-state index in [-0.39, 0.29) is 16.1 Å². The molecule has 0 unspecified atom stereocenters. The van der Waals surface area contributed by atoms with E-state index < -0.39 is 0 Å². The number of aromatic nitrogens is 2. The molecule has 0 aliphatic carbocycles. The van der Waals surface area contributed by atoms with Crippen molar-refractivity contribution >= 4 is 71.7 Å². The minimum Gasteiger partial charge on any atom is -0.298 e. The zero-order valence-electron chi connectivity index (χ0n) is 10.2. The van der Waals surface area contributed by atoms with E-state index in [1.807, 2.05) is 18.2 Å². The Morgan fingerprint density at radius 3 is 2.86 bits per heavy atom. The van der Waals surface area contributed by atoms with E-state index in [2.05, 4.69) is 31.2 Å². The van der Waals surface area contributed by atoms with Gasteiger partial charge in [0.2, 0.25) is 0 Å². The summed E-state index contributed by atoms with van der Waals surface area (Å²) in [4.78, 5) is 20.3. The van der Waals surface area contributed by atoms with E-state index in [0.717, 1.165) is 14.7 Å². The molecule has 0 radical (unpaired) electrons. The van der Waals surface area contributed by atoms with Crippen LogP contribution in [0.5, 0.6) is 0 Å². The summed E-state index contributed by atoms with van der Waals surface area (Å²) < 4.78 is 1.94. The molecule has 1 amide bonds. The van der Waals surface area contributed by atoms with E-state index in [0.29, 0.717) is 10.7 Å². The number of carbonyl (C=O) groups excluding carboxylic acids is 1. The third-order valence-electron chi connectivity index (χ3n) is 2.63. The van der Waals surface area contributed by atoms with Crippen LogP contribution in [0.4, 0.5) is 5.13 Å². The topological polar surface area (TPSA) is 54.9 Å². The smallest absolute Gasteiger partial charge is 0.259 e. The molecule has 0 saturated carbocycles. The summed E-state index contributed by atoms with van der Waals surface area (Å²) in [5.41, 5.74) is 1.15. The van der Waals surface area contributed by atoms with Crippen LogP contribution in [0, 0.1) is 0 Å². The maximum absolute atomic E-state index is 12.1. The number of nitrogens with one attached hydrogen (secondary N) is 1. The highest BCUT2D eigenvalue weighted by Gasteiger charge is 2.12. The Kier molecular flexibility index (Phi) is 4.12. The maximum Gasteiger partial charge on any atom is 0.259 e. The van der Waals surface area contributed by atoms with Crippen LogP contribution < -0.4 is 5.32 Å². The molecule has 2 aromatic heterocycles. The van der Waals surface area contributed by atoms with Gasteiger partial charge < -0.3 is 0 Å². The van der Waals surface area contributed by atoms with E-state index in [1.54, 1.807) is 0 Å². The van der Waals surface area contributed by atoms with Crippen molar-refractivity contribution in [3.05, 3.63) is 50.7 Å². The number of amides is 1. The molecule has 0 atom stereocenters. The van der Waals surface area contributed by atoms with Crippen LogP contribution in [0.15, 0.2) is 34.9 Å². The molecule has 2 heterocycles. The lowest BCUT2D eigenvalue weighted by molar-refractivity contribution is 0.102. The molecule has 1 N–H and O–H groups in total. The number of anilines is 1. The van der Waals surface area contributed by atoms with Crippen molar-refractivity contribution in [1.29, 1.82) is 0 Å². The van der Waals surface area contributed by atoms with Gasteiger partial charge in [0.25, 0.3) is 5.91 Å². The zero-order chi connectivity index (χ0) is 15.0. The molecule has 8 heteroatoms. The molecular formula is C13H6BrCl2N3OS. The summed E-state index contributed by atoms with van der Waals surface area (Å²) in [5.74, 6) is -0.334. The lowest BCUT2D eigenvalue weighted by atomic mass is 10.3. The number of pyridine rings is 1. The van der Waals surface area contributed by atoms with Crippen molar-refractivity contribution in [2.45, 2.75) is 0 Å². The van der Waals surface area contributed by atoms with Crippen LogP contribution in [0.1, 0.15) is 10.4 Å². The molecule has 0 fully saturated rings. The van der Waals surface area contributed by atoms with Gasteiger partial charge in [-0.15, -0.1) is 0 Å². The molecule has 0 spiro atoms. The van der Waals surface area contributed by atoms with E-state index in [1.165, 1.54) is 23.6 Å². The number of fused-ring (bicyclic) bond motifs is 1. The highest BCUT2D eigenvalue weighted by atomic mass is 79.9. The average Bonchev–Trinajstić information content (AvgIpc) is 2.83. The number of hydrogen-bond acceptors (Lipinski definition) is 4. The summed E-state index contributed by atoms with van der Waals surface area (Å²) in [6, 6.07) is 7.20. The van der Waals surface area contributed by atoms with E-state index in [4.69, 9.17) is 23.2 Å². The first-order valence-corrected chi connectivity index (χ1v) is 8.08. The Bertz CT molecular complexity index is 853. The predicted octanol–water partition coefficient (Wildman–Crippen LogP) is 5.01. The Balaban J connectivity index is 1.87. The van der Waals surface area contributed by atoms with Crippen molar-refractivity contribution in [1.82, 2.24) is 9.97 Å². The summed E-state index contributed by atoms with van der Waals surface area (Å²) in [6.45, 7) is 0. The first-order chi connectivity index (χ1) is 10.0. The van der Waals surface area contributed by atoms with Crippen LogP contribution >= 0.6 is 50.5 Å². The summed E-state index contributed by atoms with van der Waals surface area (Å²) >= 11 is 16.4. The molecule has 0 aliphatic rings. The lowest BCUT2D eigenvalue weighted by Crippen LogP contribution is -2.12. The summed E-state index contributed by atoms with van der Waals surface area (Å²) in [7, 11) is 0. The second kappa shape index (κ2) is 5.88. The lowest BCUT2D eigenvalue weighted by Gasteiger charge is -2.02. The highest BCUT2D eigenvalue weighted by Crippen LogP contribution is 2.29. The normalized spacial score (nSPS) is 10.8. The Morgan fingerprint density at radius 1 is 1.29 bits per heavy atom. The van der Waals surface area contributed by atoms with Gasteiger partial charge in [0.15, 0.2) is 5.13 Å². The van der Waals surface area contributed by atoms with Crippen molar-refractivity contribution in [3.8, 4) is 0 Å². The standard InChI is InChI=1S/C13H6BrCl2N3OS/c14-7-1-2-9-10(4-7)21-13(18-9)19-12(20)6-3-8(15)11(16)17-5-6/h1-5H,(H,18,19,20). The van der Waals surface area contributed by atoms with Crippen LogP contribution in [-0.2, 0) is 0 Å². The number of carbonyl (C=O) groups is 1. The maximum atomic E-state index is 12.1. The Morgan fingerprint density at radius 2 is 2.10 bits per heavy atom. The molecule has 4 nitrogen and oxygen atoms in total. The minimum atomic E-state index is -0.334. The van der Waals surface area contributed by atoms with Gasteiger partial charge in [-0.3, -0.25) is 10.1 Å². The molecule has 3 rings (SSSR count). The number of nitrogens with zero attached hydrogens (tertiary/aromatic N) is 2. The third kappa shape index (κ3) is 3.18. The molecule has 1 aromatic carbocycles. The molecule has 3 aromatic rings. The Labute approximate surface area is 142 Å². The van der Waals surface area contributed by atoms with Gasteiger partial charge in [-0.05, 0) is 24.3 Å². The van der Waals surface area contributed by atoms with Gasteiger partial charge in [-0.25, -0.2) is 9.97 Å².